The molecule has 0 amide bonds. The fourth-order valence-corrected chi connectivity index (χ4v) is 1.14. The monoisotopic (exact) mass is 216 g/mol. The van der Waals surface area contributed by atoms with Gasteiger partial charge in [0.1, 0.15) is 10.1 Å². The first-order valence-electron chi connectivity index (χ1n) is 3.19. The molecule has 0 rings (SSSR count). The zero-order valence-corrected chi connectivity index (χ0v) is 10.3. The first-order valence-corrected chi connectivity index (χ1v) is 4.66. The average Bonchev–Trinajstić information content (AvgIpc) is 1.97. The van der Waals surface area contributed by atoms with E-state index in [1.807, 2.05) is 0 Å². The van der Waals surface area contributed by atoms with E-state index >= 15 is 0 Å². The van der Waals surface area contributed by atoms with E-state index in [1.54, 1.807) is 0 Å². The molecule has 5 nitrogen and oxygen atoms in total. The van der Waals surface area contributed by atoms with Gasteiger partial charge in [-0.2, -0.15) is 0 Å². The molecule has 0 spiro atoms. The van der Waals surface area contributed by atoms with E-state index < -0.39 is 21.5 Å². The molecule has 0 aromatic carbocycles. The van der Waals surface area contributed by atoms with Gasteiger partial charge in [-0.1, -0.05) is 13.5 Å². The van der Waals surface area contributed by atoms with Crippen molar-refractivity contribution in [2.24, 2.45) is 0 Å². The molecule has 0 fully saturated rings. The normalized spacial score (nSPS) is 12.5. The minimum absolute atomic E-state index is 0. The van der Waals surface area contributed by atoms with Crippen molar-refractivity contribution < 1.29 is 52.1 Å². The maximum atomic E-state index is 10.5. The quantitative estimate of drug-likeness (QED) is 0.216. The van der Waals surface area contributed by atoms with Crippen LogP contribution in [0.4, 0.5) is 0 Å². The standard InChI is InChI=1S/C6H10O5S.Na/c1-3-5(7)11-6(4-2)12(8,9)10;/h3,6H,1,4H2,2H3,(H,8,9,10);/q;+1/p-1. The van der Waals surface area contributed by atoms with E-state index in [0.717, 1.165) is 6.08 Å². The third kappa shape index (κ3) is 6.23. The van der Waals surface area contributed by atoms with Gasteiger partial charge in [-0.3, -0.25) is 0 Å². The predicted molar refractivity (Wildman–Crippen MR) is 40.1 cm³/mol. The number of carbonyl (C=O) groups is 1. The van der Waals surface area contributed by atoms with Crippen molar-refractivity contribution >= 4 is 16.1 Å². The maximum Gasteiger partial charge on any atom is 1.00 e. The molecule has 0 aromatic rings. The summed E-state index contributed by atoms with van der Waals surface area (Å²) in [5.41, 5.74) is -1.61. The average molecular weight is 216 g/mol. The number of ether oxygens (including phenoxy) is 1. The molecular formula is C6H9NaO5S. The summed E-state index contributed by atoms with van der Waals surface area (Å²) in [6.07, 6.45) is 0.735. The minimum atomic E-state index is -4.56. The van der Waals surface area contributed by atoms with Crippen LogP contribution in [-0.2, 0) is 19.6 Å². The molecule has 0 aliphatic carbocycles. The van der Waals surface area contributed by atoms with Crippen molar-refractivity contribution in [3.05, 3.63) is 12.7 Å². The van der Waals surface area contributed by atoms with Crippen LogP contribution in [-0.4, -0.2) is 24.4 Å². The van der Waals surface area contributed by atoms with Crippen molar-refractivity contribution in [1.29, 1.82) is 0 Å². The van der Waals surface area contributed by atoms with Gasteiger partial charge in [0, 0.05) is 6.08 Å². The van der Waals surface area contributed by atoms with E-state index in [-0.39, 0.29) is 36.0 Å². The Kier molecular flexibility index (Phi) is 7.86. The number of carbonyl (C=O) groups excluding carboxylic acids is 1. The van der Waals surface area contributed by atoms with E-state index in [0.29, 0.717) is 0 Å². The van der Waals surface area contributed by atoms with Gasteiger partial charge in [0.05, 0.1) is 0 Å². The largest absolute Gasteiger partial charge is 1.00 e. The molecule has 0 aliphatic heterocycles. The second-order valence-corrected chi connectivity index (χ2v) is 3.48. The Morgan fingerprint density at radius 1 is 1.69 bits per heavy atom. The third-order valence-corrected chi connectivity index (χ3v) is 2.14. The van der Waals surface area contributed by atoms with Gasteiger partial charge in [0.25, 0.3) is 0 Å². The summed E-state index contributed by atoms with van der Waals surface area (Å²) < 4.78 is 35.3. The van der Waals surface area contributed by atoms with E-state index in [9.17, 15) is 17.8 Å². The number of rotatable bonds is 4. The van der Waals surface area contributed by atoms with Gasteiger partial charge in [-0.15, -0.1) is 0 Å². The zero-order valence-electron chi connectivity index (χ0n) is 7.52. The molecule has 0 bridgehead atoms. The fraction of sp³-hybridized carbons (Fsp3) is 0.500. The SMILES string of the molecule is C=CC(=O)OC(CC)S(=O)(=O)[O-].[Na+]. The summed E-state index contributed by atoms with van der Waals surface area (Å²) in [6.45, 7) is 4.49. The summed E-state index contributed by atoms with van der Waals surface area (Å²) in [5.74, 6) is -0.915. The molecule has 70 valence electrons. The molecule has 1 atom stereocenters. The van der Waals surface area contributed by atoms with Gasteiger partial charge in [-0.05, 0) is 6.42 Å². The van der Waals surface area contributed by atoms with Gasteiger partial charge in [0.15, 0.2) is 5.44 Å². The molecule has 0 aliphatic rings. The summed E-state index contributed by atoms with van der Waals surface area (Å²) in [5, 5.41) is 0. The molecule has 0 radical (unpaired) electrons. The Morgan fingerprint density at radius 2 is 2.15 bits per heavy atom. The number of esters is 1. The van der Waals surface area contributed by atoms with Crippen LogP contribution in [0.2, 0.25) is 0 Å². The maximum absolute atomic E-state index is 10.5. The Balaban J connectivity index is 0. The van der Waals surface area contributed by atoms with Gasteiger partial charge < -0.3 is 9.29 Å². The Morgan fingerprint density at radius 3 is 2.38 bits per heavy atom. The number of hydrogen-bond acceptors (Lipinski definition) is 5. The second-order valence-electron chi connectivity index (χ2n) is 1.97. The van der Waals surface area contributed by atoms with Crippen LogP contribution in [0.15, 0.2) is 12.7 Å². The van der Waals surface area contributed by atoms with E-state index in [2.05, 4.69) is 11.3 Å². The van der Waals surface area contributed by atoms with E-state index in [1.165, 1.54) is 6.92 Å². The summed E-state index contributed by atoms with van der Waals surface area (Å²) >= 11 is 0. The third-order valence-electron chi connectivity index (χ3n) is 1.07. The van der Waals surface area contributed by atoms with E-state index in [4.69, 9.17) is 0 Å². The Labute approximate surface area is 99.2 Å². The molecule has 0 N–H and O–H groups in total. The zero-order chi connectivity index (χ0) is 9.78. The van der Waals surface area contributed by atoms with Crippen LogP contribution in [0.5, 0.6) is 0 Å². The Hall–Kier alpha value is 0.120. The van der Waals surface area contributed by atoms with Crippen LogP contribution < -0.4 is 29.6 Å². The Bertz CT molecular complexity index is 271. The van der Waals surface area contributed by atoms with Gasteiger partial charge in [-0.25, -0.2) is 13.2 Å². The predicted octanol–water partition coefficient (Wildman–Crippen LogP) is -3.00. The molecular weight excluding hydrogens is 207 g/mol. The second kappa shape index (κ2) is 6.56. The van der Waals surface area contributed by atoms with Crippen LogP contribution in [0.1, 0.15) is 13.3 Å². The van der Waals surface area contributed by atoms with Crippen LogP contribution in [0.3, 0.4) is 0 Å². The molecule has 0 saturated carbocycles. The van der Waals surface area contributed by atoms with Crippen LogP contribution in [0.25, 0.3) is 0 Å². The number of hydrogen-bond donors (Lipinski definition) is 0. The van der Waals surface area contributed by atoms with Crippen molar-refractivity contribution in [2.75, 3.05) is 0 Å². The topological polar surface area (TPSA) is 83.5 Å². The first-order chi connectivity index (χ1) is 5.41. The van der Waals surface area contributed by atoms with Crippen molar-refractivity contribution in [3.8, 4) is 0 Å². The smallest absolute Gasteiger partial charge is 0.745 e. The molecule has 0 heterocycles. The molecule has 1 unspecified atom stereocenters. The molecule has 0 saturated heterocycles. The summed E-state index contributed by atoms with van der Waals surface area (Å²) in [4.78, 5) is 10.5. The van der Waals surface area contributed by atoms with Gasteiger partial charge in [0.2, 0.25) is 0 Å². The van der Waals surface area contributed by atoms with Crippen LogP contribution >= 0.6 is 0 Å². The molecule has 7 heteroatoms. The molecule has 13 heavy (non-hydrogen) atoms. The van der Waals surface area contributed by atoms with Crippen molar-refractivity contribution in [2.45, 2.75) is 18.8 Å². The van der Waals surface area contributed by atoms with Crippen molar-refractivity contribution in [1.82, 2.24) is 0 Å². The summed E-state index contributed by atoms with van der Waals surface area (Å²) in [6, 6.07) is 0. The molecule has 0 aromatic heterocycles. The fourth-order valence-electron chi connectivity index (χ4n) is 0.524. The van der Waals surface area contributed by atoms with Crippen molar-refractivity contribution in [3.63, 3.8) is 0 Å². The van der Waals surface area contributed by atoms with Gasteiger partial charge >= 0.3 is 35.5 Å². The minimum Gasteiger partial charge on any atom is -0.745 e. The summed E-state index contributed by atoms with van der Waals surface area (Å²) in [7, 11) is -4.56. The van der Waals surface area contributed by atoms with Crippen LogP contribution in [0, 0.1) is 0 Å². The first kappa shape index (κ1) is 15.6.